The van der Waals surface area contributed by atoms with E-state index in [1.807, 2.05) is 12.1 Å². The van der Waals surface area contributed by atoms with Gasteiger partial charge in [-0.3, -0.25) is 19.7 Å². The first-order valence-corrected chi connectivity index (χ1v) is 12.2. The summed E-state index contributed by atoms with van der Waals surface area (Å²) in [7, 11) is 3.18. The van der Waals surface area contributed by atoms with Crippen molar-refractivity contribution in [1.82, 2.24) is 0 Å². The molecule has 0 aliphatic carbocycles. The molecule has 0 unspecified atom stereocenters. The summed E-state index contributed by atoms with van der Waals surface area (Å²) in [5, 5.41) is 16.1. The Morgan fingerprint density at radius 3 is 1.40 bits per heavy atom. The van der Waals surface area contributed by atoms with Crippen molar-refractivity contribution in [1.29, 1.82) is 0 Å². The number of carbonyl (C=O) groups excluding carboxylic acids is 2. The van der Waals surface area contributed by atoms with Gasteiger partial charge in [0.2, 0.25) is 11.8 Å². The SMILES string of the molecule is COc1ccc(NC(=O)Cc2ccc(N)cc2)cc1.COc1ccc(NC(=O)Cc2ccc([N+](=O)[O-])cc2)cc1. The van der Waals surface area contributed by atoms with E-state index in [1.165, 1.54) is 12.1 Å². The second-order valence-corrected chi connectivity index (χ2v) is 8.57. The molecule has 0 aromatic heterocycles. The second-order valence-electron chi connectivity index (χ2n) is 8.57. The summed E-state index contributed by atoms with van der Waals surface area (Å²) >= 11 is 0. The average molecular weight is 543 g/mol. The maximum atomic E-state index is 11.9. The number of nitro benzene ring substituents is 1. The third-order valence-electron chi connectivity index (χ3n) is 5.60. The van der Waals surface area contributed by atoms with Crippen LogP contribution in [0.2, 0.25) is 0 Å². The summed E-state index contributed by atoms with van der Waals surface area (Å²) in [6.07, 6.45) is 0.482. The predicted molar refractivity (Wildman–Crippen MR) is 155 cm³/mol. The molecule has 0 radical (unpaired) electrons. The second kappa shape index (κ2) is 14.5. The number of nitro groups is 1. The molecule has 4 N–H and O–H groups in total. The number of anilines is 3. The number of ether oxygens (including phenoxy) is 2. The number of carbonyl (C=O) groups is 2. The van der Waals surface area contributed by atoms with Crippen molar-refractivity contribution in [3.8, 4) is 11.5 Å². The van der Waals surface area contributed by atoms with Gasteiger partial charge in [0.05, 0.1) is 32.0 Å². The van der Waals surface area contributed by atoms with Crippen LogP contribution in [-0.2, 0) is 22.4 Å². The lowest BCUT2D eigenvalue weighted by molar-refractivity contribution is -0.384. The number of nitrogens with two attached hydrogens (primary N) is 1. The van der Waals surface area contributed by atoms with Gasteiger partial charge in [-0.05, 0) is 71.8 Å². The van der Waals surface area contributed by atoms with E-state index >= 15 is 0 Å². The highest BCUT2D eigenvalue weighted by molar-refractivity contribution is 5.93. The molecule has 0 atom stereocenters. The summed E-state index contributed by atoms with van der Waals surface area (Å²) < 4.78 is 10.1. The van der Waals surface area contributed by atoms with E-state index in [-0.39, 0.29) is 23.9 Å². The minimum absolute atomic E-state index is 0.00862. The minimum atomic E-state index is -0.471. The zero-order valence-electron chi connectivity index (χ0n) is 22.1. The molecule has 0 heterocycles. The highest BCUT2D eigenvalue weighted by Gasteiger charge is 2.08. The first-order chi connectivity index (χ1) is 19.2. The van der Waals surface area contributed by atoms with Gasteiger partial charge in [0.1, 0.15) is 11.5 Å². The van der Waals surface area contributed by atoms with Gasteiger partial charge in [-0.2, -0.15) is 0 Å². The Balaban J connectivity index is 0.000000222. The highest BCUT2D eigenvalue weighted by atomic mass is 16.6. The van der Waals surface area contributed by atoms with E-state index in [1.54, 1.807) is 87.0 Å². The fraction of sp³-hybridized carbons (Fsp3) is 0.133. The van der Waals surface area contributed by atoms with Crippen LogP contribution in [0.15, 0.2) is 97.1 Å². The summed E-state index contributed by atoms with van der Waals surface area (Å²) in [6.45, 7) is 0. The van der Waals surface area contributed by atoms with E-state index in [4.69, 9.17) is 15.2 Å². The minimum Gasteiger partial charge on any atom is -0.497 e. The first kappa shape index (κ1) is 29.2. The summed E-state index contributed by atoms with van der Waals surface area (Å²) in [5.74, 6) is 1.23. The molecule has 0 bridgehead atoms. The largest absolute Gasteiger partial charge is 0.497 e. The van der Waals surface area contributed by atoms with Gasteiger partial charge in [-0.15, -0.1) is 0 Å². The van der Waals surface area contributed by atoms with Crippen LogP contribution in [0.5, 0.6) is 11.5 Å². The summed E-state index contributed by atoms with van der Waals surface area (Å²) in [5.41, 5.74) is 9.36. The van der Waals surface area contributed by atoms with Crippen LogP contribution in [0.25, 0.3) is 0 Å². The Morgan fingerprint density at radius 1 is 0.675 bits per heavy atom. The Labute approximate surface area is 231 Å². The molecule has 4 aromatic carbocycles. The lowest BCUT2D eigenvalue weighted by atomic mass is 10.1. The number of non-ortho nitro benzene ring substituents is 1. The number of nitrogens with zero attached hydrogens (tertiary/aromatic N) is 1. The smallest absolute Gasteiger partial charge is 0.269 e. The summed E-state index contributed by atoms with van der Waals surface area (Å²) in [4.78, 5) is 33.8. The summed E-state index contributed by atoms with van der Waals surface area (Å²) in [6, 6.07) is 27.4. The monoisotopic (exact) mass is 542 g/mol. The van der Waals surface area contributed by atoms with Crippen LogP contribution in [0.3, 0.4) is 0 Å². The molecule has 0 aliphatic heterocycles. The normalized spacial score (nSPS) is 9.95. The van der Waals surface area contributed by atoms with Crippen LogP contribution < -0.4 is 25.8 Å². The molecule has 4 rings (SSSR count). The number of methoxy groups -OCH3 is 2. The maximum Gasteiger partial charge on any atom is 0.269 e. The van der Waals surface area contributed by atoms with Gasteiger partial charge in [0.25, 0.3) is 5.69 Å². The Hall–Kier alpha value is -5.38. The van der Waals surface area contributed by atoms with Gasteiger partial charge in [0, 0.05) is 29.2 Å². The number of amides is 2. The number of hydrogen-bond donors (Lipinski definition) is 3. The Kier molecular flexibility index (Phi) is 10.6. The van der Waals surface area contributed by atoms with Crippen molar-refractivity contribution in [2.24, 2.45) is 0 Å². The molecule has 2 amide bonds. The Morgan fingerprint density at radius 2 is 1.05 bits per heavy atom. The topological polar surface area (TPSA) is 146 Å². The highest BCUT2D eigenvalue weighted by Crippen LogP contribution is 2.17. The zero-order chi connectivity index (χ0) is 28.9. The van der Waals surface area contributed by atoms with Crippen LogP contribution in [0, 0.1) is 10.1 Å². The van der Waals surface area contributed by atoms with E-state index in [0.29, 0.717) is 29.1 Å². The molecule has 10 nitrogen and oxygen atoms in total. The molecule has 0 fully saturated rings. The number of nitrogens with one attached hydrogen (secondary N) is 2. The standard InChI is InChI=1S/C15H14N2O4.C15H16N2O2/c1-21-14-8-4-12(5-9-14)16-15(18)10-11-2-6-13(7-3-11)17(19)20;1-19-14-8-6-13(7-9-14)17-15(18)10-11-2-4-12(16)5-3-11/h2-9H,10H2,1H3,(H,16,18);2-9H,10,16H2,1H3,(H,17,18). The molecular formula is C30H30N4O6. The van der Waals surface area contributed by atoms with Crippen molar-refractivity contribution in [2.45, 2.75) is 12.8 Å². The van der Waals surface area contributed by atoms with Crippen molar-refractivity contribution in [2.75, 3.05) is 30.6 Å². The maximum absolute atomic E-state index is 11.9. The van der Waals surface area contributed by atoms with Gasteiger partial charge in [-0.1, -0.05) is 24.3 Å². The third-order valence-corrected chi connectivity index (χ3v) is 5.60. The van der Waals surface area contributed by atoms with Crippen LogP contribution in [-0.4, -0.2) is 31.0 Å². The molecule has 4 aromatic rings. The number of rotatable bonds is 9. The quantitative estimate of drug-likeness (QED) is 0.149. The van der Waals surface area contributed by atoms with E-state index in [9.17, 15) is 19.7 Å². The van der Waals surface area contributed by atoms with E-state index in [2.05, 4.69) is 10.6 Å². The molecule has 0 saturated carbocycles. The van der Waals surface area contributed by atoms with Gasteiger partial charge >= 0.3 is 0 Å². The number of nitrogen functional groups attached to an aromatic ring is 1. The fourth-order valence-corrected chi connectivity index (χ4v) is 3.50. The molecule has 40 heavy (non-hydrogen) atoms. The van der Waals surface area contributed by atoms with Crippen LogP contribution in [0.4, 0.5) is 22.7 Å². The van der Waals surface area contributed by atoms with Crippen LogP contribution >= 0.6 is 0 Å². The van der Waals surface area contributed by atoms with Gasteiger partial charge in [0.15, 0.2) is 0 Å². The zero-order valence-corrected chi connectivity index (χ0v) is 22.1. The van der Waals surface area contributed by atoms with E-state index in [0.717, 1.165) is 17.0 Å². The van der Waals surface area contributed by atoms with Crippen molar-refractivity contribution in [3.05, 3.63) is 118 Å². The van der Waals surface area contributed by atoms with Crippen molar-refractivity contribution in [3.63, 3.8) is 0 Å². The van der Waals surface area contributed by atoms with Crippen LogP contribution in [0.1, 0.15) is 11.1 Å². The third kappa shape index (κ3) is 9.49. The Bertz CT molecular complexity index is 1410. The van der Waals surface area contributed by atoms with Crippen molar-refractivity contribution >= 4 is 34.6 Å². The molecule has 206 valence electrons. The average Bonchev–Trinajstić information content (AvgIpc) is 2.95. The molecular weight excluding hydrogens is 512 g/mol. The van der Waals surface area contributed by atoms with Gasteiger partial charge < -0.3 is 25.8 Å². The molecule has 0 spiro atoms. The lowest BCUT2D eigenvalue weighted by Crippen LogP contribution is -2.14. The molecule has 0 aliphatic rings. The lowest BCUT2D eigenvalue weighted by Gasteiger charge is -2.06. The van der Waals surface area contributed by atoms with Gasteiger partial charge in [-0.25, -0.2) is 0 Å². The fourth-order valence-electron chi connectivity index (χ4n) is 3.50. The number of benzene rings is 4. The predicted octanol–water partition coefficient (Wildman–Crippen LogP) is 5.24. The molecule has 10 heteroatoms. The van der Waals surface area contributed by atoms with Crippen molar-refractivity contribution < 1.29 is 24.0 Å². The first-order valence-electron chi connectivity index (χ1n) is 12.2. The number of hydrogen-bond acceptors (Lipinski definition) is 7. The van der Waals surface area contributed by atoms with E-state index < -0.39 is 4.92 Å². The molecule has 0 saturated heterocycles.